The number of rotatable bonds is 11. The zero-order valence-electron chi connectivity index (χ0n) is 26.9. The van der Waals surface area contributed by atoms with Crippen LogP contribution in [0.2, 0.25) is 0 Å². The number of hydrogen-bond donors (Lipinski definition) is 0. The number of fused-ring (bicyclic) bond motifs is 2. The molecule has 47 heavy (non-hydrogen) atoms. The van der Waals surface area contributed by atoms with Crippen molar-refractivity contribution in [2.24, 2.45) is 21.5 Å². The third-order valence-corrected chi connectivity index (χ3v) is 10.4. The molecule has 0 amide bonds. The standard InChI is InChI=1S/C41H43FN2O3/c42-40(45)27-43-47-38-25-41(26-38,34-17-11-29(12-18-34)13-21-36-22-16-33-7-3-4-8-39(33)44-36)35-19-23-37(24-20-35)46-28-30-9-14-31-5-1-2-6-32(31)15-10-30/h1,3-5,7,9,11,14-20,22-23,27,29,37-39H,2,6,8,10,12-13,21,24-26,28H2/b43-27+. The van der Waals surface area contributed by atoms with E-state index < -0.39 is 6.04 Å². The van der Waals surface area contributed by atoms with Crippen molar-refractivity contribution in [3.8, 4) is 0 Å². The van der Waals surface area contributed by atoms with Gasteiger partial charge in [0.15, 0.2) is 0 Å². The topological polar surface area (TPSA) is 60.2 Å². The maximum atomic E-state index is 12.7. The first kappa shape index (κ1) is 31.4. The highest BCUT2D eigenvalue weighted by atomic mass is 19.1. The van der Waals surface area contributed by atoms with Crippen LogP contribution in [0.3, 0.4) is 0 Å². The van der Waals surface area contributed by atoms with Gasteiger partial charge in [-0.15, -0.1) is 0 Å². The Balaban J connectivity index is 0.967. The van der Waals surface area contributed by atoms with Crippen LogP contribution in [0.5, 0.6) is 0 Å². The minimum Gasteiger partial charge on any atom is -0.392 e. The summed E-state index contributed by atoms with van der Waals surface area (Å²) in [7, 11) is 0. The lowest BCUT2D eigenvalue weighted by molar-refractivity contribution is -0.122. The van der Waals surface area contributed by atoms with E-state index in [-0.39, 0.29) is 23.7 Å². The molecule has 6 aliphatic carbocycles. The van der Waals surface area contributed by atoms with E-state index in [4.69, 9.17) is 14.6 Å². The predicted octanol–water partition coefficient (Wildman–Crippen LogP) is 8.99. The van der Waals surface area contributed by atoms with Crippen LogP contribution in [0, 0.1) is 11.3 Å². The second kappa shape index (κ2) is 14.3. The van der Waals surface area contributed by atoms with Gasteiger partial charge >= 0.3 is 6.04 Å². The average Bonchev–Trinajstić information content (AvgIpc) is 3.30. The number of allylic oxidation sites excluding steroid dienone is 16. The summed E-state index contributed by atoms with van der Waals surface area (Å²) < 4.78 is 19.0. The molecule has 1 fully saturated rings. The van der Waals surface area contributed by atoms with E-state index in [2.05, 4.69) is 102 Å². The number of carbonyl (C=O) groups is 1. The Bertz CT molecular complexity index is 1660. The Kier molecular flexibility index (Phi) is 9.57. The van der Waals surface area contributed by atoms with Gasteiger partial charge in [-0.2, -0.15) is 4.39 Å². The molecule has 0 aromatic carbocycles. The summed E-state index contributed by atoms with van der Waals surface area (Å²) in [6.45, 7) is 0.620. The van der Waals surface area contributed by atoms with Crippen molar-refractivity contribution in [3.05, 3.63) is 131 Å². The average molecular weight is 631 g/mol. The molecule has 3 unspecified atom stereocenters. The number of aliphatic imine (C=N–C) groups is 1. The van der Waals surface area contributed by atoms with Crippen molar-refractivity contribution >= 4 is 18.0 Å². The first-order valence-corrected chi connectivity index (χ1v) is 17.2. The van der Waals surface area contributed by atoms with Crippen molar-refractivity contribution in [2.75, 3.05) is 6.61 Å². The number of oxime groups is 1. The molecule has 7 rings (SSSR count). The van der Waals surface area contributed by atoms with Crippen molar-refractivity contribution in [1.82, 2.24) is 0 Å². The molecule has 0 radical (unpaired) electrons. The molecule has 0 aromatic heterocycles. The molecule has 0 saturated heterocycles. The summed E-state index contributed by atoms with van der Waals surface area (Å²) in [6, 6.07) is -1.32. The number of dihydropyridines is 1. The number of nitrogens with zero attached hydrogens (tertiary/aromatic N) is 2. The Morgan fingerprint density at radius 1 is 0.979 bits per heavy atom. The van der Waals surface area contributed by atoms with E-state index >= 15 is 0 Å². The highest BCUT2D eigenvalue weighted by Crippen LogP contribution is 2.56. The fourth-order valence-corrected chi connectivity index (χ4v) is 7.68. The van der Waals surface area contributed by atoms with E-state index in [0.29, 0.717) is 18.7 Å². The van der Waals surface area contributed by atoms with Crippen LogP contribution in [0.4, 0.5) is 4.39 Å². The molecule has 3 atom stereocenters. The Hall–Kier alpha value is -4.16. The van der Waals surface area contributed by atoms with Gasteiger partial charge in [-0.05, 0) is 96.8 Å². The van der Waals surface area contributed by atoms with Gasteiger partial charge in [0.2, 0.25) is 0 Å². The van der Waals surface area contributed by atoms with Gasteiger partial charge < -0.3 is 9.57 Å². The Morgan fingerprint density at radius 2 is 1.85 bits per heavy atom. The normalized spacial score (nSPS) is 30.9. The fourth-order valence-electron chi connectivity index (χ4n) is 7.68. The van der Waals surface area contributed by atoms with Gasteiger partial charge in [0, 0.05) is 24.0 Å². The lowest BCUT2D eigenvalue weighted by Gasteiger charge is -2.49. The molecule has 0 N–H and O–H groups in total. The second-order valence-corrected chi connectivity index (χ2v) is 13.5. The van der Waals surface area contributed by atoms with Crippen molar-refractivity contribution in [2.45, 2.75) is 82.5 Å². The third-order valence-electron chi connectivity index (χ3n) is 10.4. The highest BCUT2D eigenvalue weighted by Gasteiger charge is 2.50. The second-order valence-electron chi connectivity index (χ2n) is 13.5. The van der Waals surface area contributed by atoms with Crippen LogP contribution >= 0.6 is 0 Å². The van der Waals surface area contributed by atoms with Crippen LogP contribution in [0.25, 0.3) is 0 Å². The van der Waals surface area contributed by atoms with E-state index in [1.165, 1.54) is 39.2 Å². The minimum absolute atomic E-state index is 0.0305. The fraction of sp³-hybridized carbons (Fsp3) is 0.390. The van der Waals surface area contributed by atoms with E-state index in [0.717, 1.165) is 64.2 Å². The highest BCUT2D eigenvalue weighted by molar-refractivity contribution is 6.22. The molecule has 0 bridgehead atoms. The van der Waals surface area contributed by atoms with Crippen LogP contribution in [0.1, 0.15) is 64.2 Å². The number of ether oxygens (including phenoxy) is 1. The SMILES string of the molecule is O=C(F)/C=N/OC1CC(C2=CCC(CCC3=NC4CC=CC=C4C=C3)C=C2)(C2=CCC(OCC3=CC=C4C=CCCC4=CC3)C=C2)C1. The quantitative estimate of drug-likeness (QED) is 0.130. The molecule has 1 heterocycles. The Morgan fingerprint density at radius 3 is 2.66 bits per heavy atom. The smallest absolute Gasteiger partial charge is 0.346 e. The van der Waals surface area contributed by atoms with Crippen LogP contribution in [0.15, 0.2) is 141 Å². The Labute approximate surface area is 277 Å². The molecule has 1 saturated carbocycles. The molecule has 5 nitrogen and oxygen atoms in total. The first-order chi connectivity index (χ1) is 23.0. The molecule has 0 spiro atoms. The molecule has 6 heteroatoms. The number of halogens is 1. The molecule has 1 aliphatic heterocycles. The number of hydrogen-bond acceptors (Lipinski definition) is 5. The summed E-state index contributed by atoms with van der Waals surface area (Å²) in [6.07, 6.45) is 45.9. The van der Waals surface area contributed by atoms with Crippen LogP contribution in [-0.2, 0) is 14.4 Å². The maximum absolute atomic E-state index is 12.7. The predicted molar refractivity (Wildman–Crippen MR) is 187 cm³/mol. The van der Waals surface area contributed by atoms with E-state index in [1.807, 2.05) is 0 Å². The summed E-state index contributed by atoms with van der Waals surface area (Å²) >= 11 is 0. The zero-order chi connectivity index (χ0) is 32.1. The summed E-state index contributed by atoms with van der Waals surface area (Å²) in [5, 5.41) is 3.58. The van der Waals surface area contributed by atoms with Gasteiger partial charge in [-0.3, -0.25) is 9.79 Å². The summed E-state index contributed by atoms with van der Waals surface area (Å²) in [5.41, 5.74) is 8.95. The maximum Gasteiger partial charge on any atom is 0.346 e. The molecule has 7 aliphatic rings. The zero-order valence-corrected chi connectivity index (χ0v) is 26.9. The van der Waals surface area contributed by atoms with E-state index in [9.17, 15) is 9.18 Å². The number of carbonyl (C=O) groups excluding carboxylic acids is 1. The van der Waals surface area contributed by atoms with Gasteiger partial charge in [-0.1, -0.05) is 96.3 Å². The summed E-state index contributed by atoms with van der Waals surface area (Å²) in [4.78, 5) is 21.2. The lowest BCUT2D eigenvalue weighted by atomic mass is 9.56. The third kappa shape index (κ3) is 7.38. The van der Waals surface area contributed by atoms with Crippen LogP contribution < -0.4 is 0 Å². The van der Waals surface area contributed by atoms with Crippen LogP contribution in [-0.4, -0.2) is 42.8 Å². The van der Waals surface area contributed by atoms with Gasteiger partial charge in [-0.25, -0.2) is 0 Å². The van der Waals surface area contributed by atoms with Gasteiger partial charge in [0.25, 0.3) is 0 Å². The minimum atomic E-state index is -1.60. The largest absolute Gasteiger partial charge is 0.392 e. The summed E-state index contributed by atoms with van der Waals surface area (Å²) in [5.74, 6) is 0.473. The van der Waals surface area contributed by atoms with Crippen molar-refractivity contribution in [3.63, 3.8) is 0 Å². The van der Waals surface area contributed by atoms with Crippen molar-refractivity contribution in [1.29, 1.82) is 0 Å². The molecule has 242 valence electrons. The first-order valence-electron chi connectivity index (χ1n) is 17.2. The molecular weight excluding hydrogens is 587 g/mol. The monoisotopic (exact) mass is 630 g/mol. The molecule has 0 aromatic rings. The van der Waals surface area contributed by atoms with Crippen molar-refractivity contribution < 1.29 is 18.8 Å². The van der Waals surface area contributed by atoms with Gasteiger partial charge in [0.1, 0.15) is 12.3 Å². The van der Waals surface area contributed by atoms with Gasteiger partial charge in [0.05, 0.1) is 18.8 Å². The lowest BCUT2D eigenvalue weighted by Crippen LogP contribution is -2.45. The van der Waals surface area contributed by atoms with E-state index in [1.54, 1.807) is 0 Å². The molecular formula is C41H43FN2O3.